The van der Waals surface area contributed by atoms with Gasteiger partial charge in [-0.1, -0.05) is 27.2 Å². The molecule has 0 heterocycles. The maximum absolute atomic E-state index is 10.4. The molecule has 0 aromatic heterocycles. The molecule has 0 amide bonds. The predicted octanol–water partition coefficient (Wildman–Crippen LogP) is 3.04. The van der Waals surface area contributed by atoms with E-state index in [1.165, 1.54) is 0 Å². The molecule has 0 saturated carbocycles. The monoisotopic (exact) mass is 174 g/mol. The molecule has 0 bridgehead atoms. The van der Waals surface area contributed by atoms with Gasteiger partial charge in [0.05, 0.1) is 0 Å². The topological polar surface area (TPSA) is 46.5 Å². The second-order valence-corrected chi connectivity index (χ2v) is 3.01. The zero-order chi connectivity index (χ0) is 9.61. The Morgan fingerprint density at radius 2 is 1.83 bits per heavy atom. The molecule has 0 atom stereocenters. The van der Waals surface area contributed by atoms with Gasteiger partial charge in [0.2, 0.25) is 0 Å². The fourth-order valence-corrected chi connectivity index (χ4v) is 1.44. The summed E-state index contributed by atoms with van der Waals surface area (Å²) in [4.78, 5) is 10.4. The summed E-state index contributed by atoms with van der Waals surface area (Å²) in [6.07, 6.45) is 2.11. The standard InChI is InChI=1S/C9H18O3/c1-4-7-9(5-2,6-3)12-8(10)11/h4-7H2,1-3H3,(H,10,11). The molecule has 0 saturated heterocycles. The van der Waals surface area contributed by atoms with Gasteiger partial charge >= 0.3 is 6.16 Å². The fraction of sp³-hybridized carbons (Fsp3) is 0.889. The summed E-state index contributed by atoms with van der Waals surface area (Å²) >= 11 is 0. The summed E-state index contributed by atoms with van der Waals surface area (Å²) in [5, 5.41) is 8.52. The summed E-state index contributed by atoms with van der Waals surface area (Å²) in [6.45, 7) is 5.95. The molecule has 0 aliphatic heterocycles. The summed E-state index contributed by atoms with van der Waals surface area (Å²) < 4.78 is 4.89. The van der Waals surface area contributed by atoms with Gasteiger partial charge in [-0.05, 0) is 19.3 Å². The zero-order valence-electron chi connectivity index (χ0n) is 8.09. The van der Waals surface area contributed by atoms with Crippen LogP contribution in [0.5, 0.6) is 0 Å². The minimum absolute atomic E-state index is 0.444. The van der Waals surface area contributed by atoms with E-state index < -0.39 is 11.8 Å². The smallest absolute Gasteiger partial charge is 0.450 e. The number of hydrogen-bond donors (Lipinski definition) is 1. The van der Waals surface area contributed by atoms with E-state index >= 15 is 0 Å². The minimum atomic E-state index is -1.16. The molecule has 0 aliphatic carbocycles. The van der Waals surface area contributed by atoms with Crippen LogP contribution in [0.15, 0.2) is 0 Å². The molecule has 0 aromatic carbocycles. The molecule has 3 heteroatoms. The Balaban J connectivity index is 4.23. The van der Waals surface area contributed by atoms with Crippen molar-refractivity contribution in [3.63, 3.8) is 0 Å². The van der Waals surface area contributed by atoms with Gasteiger partial charge in [0, 0.05) is 0 Å². The largest absolute Gasteiger partial charge is 0.506 e. The molecule has 12 heavy (non-hydrogen) atoms. The number of ether oxygens (including phenoxy) is 1. The van der Waals surface area contributed by atoms with Crippen molar-refractivity contribution in [1.82, 2.24) is 0 Å². The molecule has 3 nitrogen and oxygen atoms in total. The van der Waals surface area contributed by atoms with Gasteiger partial charge in [0.15, 0.2) is 0 Å². The highest BCUT2D eigenvalue weighted by Gasteiger charge is 2.29. The molecule has 72 valence electrons. The average Bonchev–Trinajstić information content (AvgIpc) is 2.03. The lowest BCUT2D eigenvalue weighted by molar-refractivity contribution is -0.0299. The molecule has 0 radical (unpaired) electrons. The molecule has 0 aliphatic rings. The highest BCUT2D eigenvalue weighted by Crippen LogP contribution is 2.26. The number of carbonyl (C=O) groups is 1. The van der Waals surface area contributed by atoms with Crippen LogP contribution in [0, 0.1) is 0 Å². The lowest BCUT2D eigenvalue weighted by Gasteiger charge is -2.29. The zero-order valence-corrected chi connectivity index (χ0v) is 8.09. The van der Waals surface area contributed by atoms with Crippen LogP contribution in [0.25, 0.3) is 0 Å². The third-order valence-electron chi connectivity index (χ3n) is 2.30. The van der Waals surface area contributed by atoms with Crippen LogP contribution in [0.3, 0.4) is 0 Å². The van der Waals surface area contributed by atoms with Gasteiger partial charge in [-0.15, -0.1) is 0 Å². The van der Waals surface area contributed by atoms with Gasteiger partial charge in [-0.25, -0.2) is 4.79 Å². The van der Waals surface area contributed by atoms with Crippen LogP contribution in [-0.2, 0) is 4.74 Å². The first-order chi connectivity index (χ1) is 5.60. The third kappa shape index (κ3) is 3.11. The first-order valence-electron chi connectivity index (χ1n) is 4.52. The number of hydrogen-bond acceptors (Lipinski definition) is 2. The number of rotatable bonds is 5. The molecule has 0 rings (SSSR count). The summed E-state index contributed by atoms with van der Waals surface area (Å²) in [7, 11) is 0. The minimum Gasteiger partial charge on any atom is -0.450 e. The van der Waals surface area contributed by atoms with Crippen molar-refractivity contribution in [2.45, 2.75) is 52.1 Å². The van der Waals surface area contributed by atoms with E-state index in [0.717, 1.165) is 25.7 Å². The van der Waals surface area contributed by atoms with E-state index in [1.807, 2.05) is 20.8 Å². The quantitative estimate of drug-likeness (QED) is 0.651. The Labute approximate surface area is 73.7 Å². The Morgan fingerprint density at radius 1 is 1.33 bits per heavy atom. The second-order valence-electron chi connectivity index (χ2n) is 3.01. The van der Waals surface area contributed by atoms with E-state index in [0.29, 0.717) is 0 Å². The lowest BCUT2D eigenvalue weighted by atomic mass is 9.92. The predicted molar refractivity (Wildman–Crippen MR) is 47.3 cm³/mol. The highest BCUT2D eigenvalue weighted by molar-refractivity contribution is 5.57. The normalized spacial score (nSPS) is 11.2. The average molecular weight is 174 g/mol. The SMILES string of the molecule is CCCC(CC)(CC)OC(=O)O. The van der Waals surface area contributed by atoms with Crippen LogP contribution in [0.1, 0.15) is 46.5 Å². The molecule has 0 spiro atoms. The van der Waals surface area contributed by atoms with Crippen molar-refractivity contribution in [3.05, 3.63) is 0 Å². The summed E-state index contributed by atoms with van der Waals surface area (Å²) in [5.41, 5.74) is -0.444. The van der Waals surface area contributed by atoms with E-state index in [2.05, 4.69) is 0 Å². The van der Waals surface area contributed by atoms with E-state index in [9.17, 15) is 4.79 Å². The van der Waals surface area contributed by atoms with Crippen LogP contribution >= 0.6 is 0 Å². The Kier molecular flexibility index (Phi) is 4.71. The van der Waals surface area contributed by atoms with Crippen molar-refractivity contribution in [1.29, 1.82) is 0 Å². The molecular weight excluding hydrogens is 156 g/mol. The molecular formula is C9H18O3. The van der Waals surface area contributed by atoms with Crippen LogP contribution < -0.4 is 0 Å². The van der Waals surface area contributed by atoms with Crippen molar-refractivity contribution in [3.8, 4) is 0 Å². The first kappa shape index (κ1) is 11.3. The molecule has 1 N–H and O–H groups in total. The fourth-order valence-electron chi connectivity index (χ4n) is 1.44. The molecule has 0 fully saturated rings. The Hall–Kier alpha value is -0.730. The van der Waals surface area contributed by atoms with E-state index in [-0.39, 0.29) is 0 Å². The summed E-state index contributed by atoms with van der Waals surface area (Å²) in [6, 6.07) is 0. The van der Waals surface area contributed by atoms with Gasteiger partial charge in [0.1, 0.15) is 5.60 Å². The van der Waals surface area contributed by atoms with Crippen molar-refractivity contribution in [2.24, 2.45) is 0 Å². The van der Waals surface area contributed by atoms with Crippen LogP contribution in [-0.4, -0.2) is 16.9 Å². The second kappa shape index (κ2) is 5.01. The van der Waals surface area contributed by atoms with E-state index in [4.69, 9.17) is 9.84 Å². The Morgan fingerprint density at radius 3 is 2.08 bits per heavy atom. The molecule has 0 unspecified atom stereocenters. The van der Waals surface area contributed by atoms with Gasteiger partial charge in [0.25, 0.3) is 0 Å². The number of carboxylic acid groups (broad SMARTS) is 1. The third-order valence-corrected chi connectivity index (χ3v) is 2.30. The van der Waals surface area contributed by atoms with Crippen molar-refractivity contribution >= 4 is 6.16 Å². The lowest BCUT2D eigenvalue weighted by Crippen LogP contribution is -2.33. The summed E-state index contributed by atoms with van der Waals surface area (Å²) in [5.74, 6) is 0. The van der Waals surface area contributed by atoms with Gasteiger partial charge in [-0.3, -0.25) is 0 Å². The van der Waals surface area contributed by atoms with Crippen molar-refractivity contribution in [2.75, 3.05) is 0 Å². The van der Waals surface area contributed by atoms with Crippen LogP contribution in [0.2, 0.25) is 0 Å². The van der Waals surface area contributed by atoms with Crippen LogP contribution in [0.4, 0.5) is 4.79 Å². The highest BCUT2D eigenvalue weighted by atomic mass is 16.7. The Bertz CT molecular complexity index is 139. The van der Waals surface area contributed by atoms with Gasteiger partial charge < -0.3 is 9.84 Å². The molecule has 0 aromatic rings. The first-order valence-corrected chi connectivity index (χ1v) is 4.52. The maximum Gasteiger partial charge on any atom is 0.506 e. The van der Waals surface area contributed by atoms with E-state index in [1.54, 1.807) is 0 Å². The van der Waals surface area contributed by atoms with Gasteiger partial charge in [-0.2, -0.15) is 0 Å². The van der Waals surface area contributed by atoms with Crippen molar-refractivity contribution < 1.29 is 14.6 Å². The maximum atomic E-state index is 10.4.